The number of hydrogen-bond donors (Lipinski definition) is 2. The summed E-state index contributed by atoms with van der Waals surface area (Å²) >= 11 is 6.10. The van der Waals surface area contributed by atoms with Crippen molar-refractivity contribution in [2.75, 3.05) is 26.2 Å². The van der Waals surface area contributed by atoms with Crippen LogP contribution in [0, 0.1) is 11.7 Å². The molecule has 1 aliphatic heterocycles. The summed E-state index contributed by atoms with van der Waals surface area (Å²) in [6.07, 6.45) is 2.15. The standard InChI is InChI=1S/C15H20ClFN2O2/c16-14-4-3-13(17)6-12(14)10-19-5-1-2-11(9-19)7-18-8-15(20)21/h3-4,6,11,18H,1-2,5,7-10H2,(H,20,21). The van der Waals surface area contributed by atoms with Gasteiger partial charge in [-0.1, -0.05) is 11.6 Å². The number of carboxylic acids is 1. The monoisotopic (exact) mass is 314 g/mol. The van der Waals surface area contributed by atoms with Crippen molar-refractivity contribution in [1.82, 2.24) is 10.2 Å². The Morgan fingerprint density at radius 2 is 2.33 bits per heavy atom. The van der Waals surface area contributed by atoms with Gasteiger partial charge in [-0.05, 0) is 55.6 Å². The highest BCUT2D eigenvalue weighted by molar-refractivity contribution is 6.31. The molecule has 0 saturated carbocycles. The van der Waals surface area contributed by atoms with Crippen molar-refractivity contribution in [2.45, 2.75) is 19.4 Å². The number of carboxylic acid groups (broad SMARTS) is 1. The first-order valence-electron chi connectivity index (χ1n) is 7.13. The number of likely N-dealkylation sites (tertiary alicyclic amines) is 1. The summed E-state index contributed by atoms with van der Waals surface area (Å²) < 4.78 is 13.3. The molecular weight excluding hydrogens is 295 g/mol. The Balaban J connectivity index is 1.86. The molecule has 1 fully saturated rings. The fraction of sp³-hybridized carbons (Fsp3) is 0.533. The maximum Gasteiger partial charge on any atom is 0.317 e. The molecule has 1 aromatic rings. The lowest BCUT2D eigenvalue weighted by Crippen LogP contribution is -2.40. The molecule has 0 aliphatic carbocycles. The molecule has 0 aromatic heterocycles. The summed E-state index contributed by atoms with van der Waals surface area (Å²) in [6.45, 7) is 3.15. The number of hydrogen-bond acceptors (Lipinski definition) is 3. The molecule has 0 amide bonds. The van der Waals surface area contributed by atoms with E-state index in [4.69, 9.17) is 16.7 Å². The number of nitrogens with one attached hydrogen (secondary N) is 1. The minimum Gasteiger partial charge on any atom is -0.480 e. The lowest BCUT2D eigenvalue weighted by molar-refractivity contribution is -0.136. The molecule has 21 heavy (non-hydrogen) atoms. The van der Waals surface area contributed by atoms with Gasteiger partial charge >= 0.3 is 5.97 Å². The lowest BCUT2D eigenvalue weighted by Gasteiger charge is -2.33. The normalized spacial score (nSPS) is 19.6. The van der Waals surface area contributed by atoms with E-state index in [1.54, 1.807) is 6.07 Å². The highest BCUT2D eigenvalue weighted by Crippen LogP contribution is 2.22. The first-order chi connectivity index (χ1) is 10.0. The summed E-state index contributed by atoms with van der Waals surface area (Å²) in [6, 6.07) is 4.43. The molecule has 1 saturated heterocycles. The van der Waals surface area contributed by atoms with Crippen LogP contribution in [0.2, 0.25) is 5.02 Å². The number of benzene rings is 1. The first kappa shape index (κ1) is 16.2. The van der Waals surface area contributed by atoms with Gasteiger partial charge in [-0.25, -0.2) is 4.39 Å². The van der Waals surface area contributed by atoms with Crippen LogP contribution < -0.4 is 5.32 Å². The average Bonchev–Trinajstić information content (AvgIpc) is 2.43. The highest BCUT2D eigenvalue weighted by atomic mass is 35.5. The molecule has 2 rings (SSSR count). The Kier molecular flexibility index (Phi) is 5.96. The Labute approximate surface area is 128 Å². The molecule has 1 aromatic carbocycles. The number of piperidine rings is 1. The summed E-state index contributed by atoms with van der Waals surface area (Å²) in [4.78, 5) is 12.7. The summed E-state index contributed by atoms with van der Waals surface area (Å²) in [7, 11) is 0. The van der Waals surface area contributed by atoms with Crippen molar-refractivity contribution in [3.8, 4) is 0 Å². The van der Waals surface area contributed by atoms with Gasteiger partial charge in [0.05, 0.1) is 6.54 Å². The van der Waals surface area contributed by atoms with E-state index in [0.717, 1.165) is 31.5 Å². The maximum atomic E-state index is 13.3. The minimum absolute atomic E-state index is 0.00771. The third-order valence-electron chi connectivity index (χ3n) is 3.71. The molecule has 1 aliphatic rings. The average molecular weight is 315 g/mol. The Morgan fingerprint density at radius 3 is 3.10 bits per heavy atom. The molecule has 0 spiro atoms. The number of halogens is 2. The zero-order valence-electron chi connectivity index (χ0n) is 11.8. The van der Waals surface area contributed by atoms with E-state index in [1.807, 2.05) is 0 Å². The van der Waals surface area contributed by atoms with Crippen LogP contribution in [0.15, 0.2) is 18.2 Å². The molecule has 1 atom stereocenters. The molecule has 1 unspecified atom stereocenters. The third-order valence-corrected chi connectivity index (χ3v) is 4.08. The van der Waals surface area contributed by atoms with Crippen LogP contribution in [-0.4, -0.2) is 42.2 Å². The van der Waals surface area contributed by atoms with Gasteiger partial charge in [0.2, 0.25) is 0 Å². The highest BCUT2D eigenvalue weighted by Gasteiger charge is 2.20. The smallest absolute Gasteiger partial charge is 0.317 e. The molecule has 2 N–H and O–H groups in total. The summed E-state index contributed by atoms with van der Waals surface area (Å²) in [5, 5.41) is 12.2. The van der Waals surface area contributed by atoms with Crippen molar-refractivity contribution < 1.29 is 14.3 Å². The third kappa shape index (κ3) is 5.26. The zero-order valence-corrected chi connectivity index (χ0v) is 12.6. The van der Waals surface area contributed by atoms with Crippen LogP contribution in [0.3, 0.4) is 0 Å². The van der Waals surface area contributed by atoms with E-state index in [0.29, 0.717) is 24.0 Å². The molecule has 1 heterocycles. The van der Waals surface area contributed by atoms with Gasteiger partial charge < -0.3 is 10.4 Å². The van der Waals surface area contributed by atoms with Crippen LogP contribution >= 0.6 is 11.6 Å². The summed E-state index contributed by atoms with van der Waals surface area (Å²) in [5.41, 5.74) is 0.802. The van der Waals surface area contributed by atoms with E-state index >= 15 is 0 Å². The van der Waals surface area contributed by atoms with E-state index < -0.39 is 5.97 Å². The number of nitrogens with zero attached hydrogens (tertiary/aromatic N) is 1. The Bertz CT molecular complexity index is 499. The molecular formula is C15H20ClFN2O2. The van der Waals surface area contributed by atoms with Gasteiger partial charge in [0.15, 0.2) is 0 Å². The Hall–Kier alpha value is -1.17. The fourth-order valence-corrected chi connectivity index (χ4v) is 2.93. The van der Waals surface area contributed by atoms with Gasteiger partial charge in [-0.2, -0.15) is 0 Å². The van der Waals surface area contributed by atoms with Crippen LogP contribution in [0.4, 0.5) is 4.39 Å². The van der Waals surface area contributed by atoms with Gasteiger partial charge in [0, 0.05) is 18.1 Å². The second-order valence-corrected chi connectivity index (χ2v) is 5.91. The van der Waals surface area contributed by atoms with E-state index in [9.17, 15) is 9.18 Å². The van der Waals surface area contributed by atoms with Gasteiger partial charge in [-0.3, -0.25) is 9.69 Å². The zero-order chi connectivity index (χ0) is 15.2. The van der Waals surface area contributed by atoms with Crippen LogP contribution in [0.25, 0.3) is 0 Å². The van der Waals surface area contributed by atoms with Gasteiger partial charge in [0.1, 0.15) is 5.82 Å². The predicted molar refractivity (Wildman–Crippen MR) is 79.9 cm³/mol. The minimum atomic E-state index is -0.839. The largest absolute Gasteiger partial charge is 0.480 e. The first-order valence-corrected chi connectivity index (χ1v) is 7.51. The van der Waals surface area contributed by atoms with Gasteiger partial charge in [-0.15, -0.1) is 0 Å². The SMILES string of the molecule is O=C(O)CNCC1CCCN(Cc2cc(F)ccc2Cl)C1. The predicted octanol–water partition coefficient (Wildman–Crippen LogP) is 2.37. The second-order valence-electron chi connectivity index (χ2n) is 5.50. The van der Waals surface area contributed by atoms with Crippen LogP contribution in [0.5, 0.6) is 0 Å². The molecule has 4 nitrogen and oxygen atoms in total. The fourth-order valence-electron chi connectivity index (χ4n) is 2.75. The maximum absolute atomic E-state index is 13.3. The quantitative estimate of drug-likeness (QED) is 0.846. The topological polar surface area (TPSA) is 52.6 Å². The van der Waals surface area contributed by atoms with Crippen molar-refractivity contribution in [1.29, 1.82) is 0 Å². The van der Waals surface area contributed by atoms with Crippen molar-refractivity contribution in [3.63, 3.8) is 0 Å². The van der Waals surface area contributed by atoms with Crippen LogP contribution in [-0.2, 0) is 11.3 Å². The van der Waals surface area contributed by atoms with Crippen molar-refractivity contribution in [3.05, 3.63) is 34.6 Å². The number of carbonyl (C=O) groups is 1. The van der Waals surface area contributed by atoms with Crippen molar-refractivity contribution >= 4 is 17.6 Å². The molecule has 0 bridgehead atoms. The van der Waals surface area contributed by atoms with Gasteiger partial charge in [0.25, 0.3) is 0 Å². The molecule has 0 radical (unpaired) electrons. The molecule has 116 valence electrons. The van der Waals surface area contributed by atoms with E-state index in [2.05, 4.69) is 10.2 Å². The number of rotatable bonds is 6. The lowest BCUT2D eigenvalue weighted by atomic mass is 9.97. The van der Waals surface area contributed by atoms with E-state index in [1.165, 1.54) is 12.1 Å². The molecule has 6 heteroatoms. The number of aliphatic carboxylic acids is 1. The Morgan fingerprint density at radius 1 is 1.52 bits per heavy atom. The second kappa shape index (κ2) is 7.73. The van der Waals surface area contributed by atoms with Crippen LogP contribution in [0.1, 0.15) is 18.4 Å². The van der Waals surface area contributed by atoms with E-state index in [-0.39, 0.29) is 12.4 Å². The van der Waals surface area contributed by atoms with Crippen molar-refractivity contribution in [2.24, 2.45) is 5.92 Å². The summed E-state index contributed by atoms with van der Waals surface area (Å²) in [5.74, 6) is -0.689.